The highest BCUT2D eigenvalue weighted by Gasteiger charge is 2.06. The minimum Gasteiger partial charge on any atom is -0.460 e. The molecule has 0 saturated heterocycles. The summed E-state index contributed by atoms with van der Waals surface area (Å²) < 4.78 is 5.47. The lowest BCUT2D eigenvalue weighted by molar-refractivity contribution is 0.546. The molecule has 0 spiro atoms. The molecular weight excluding hydrogens is 192 g/mol. The van der Waals surface area contributed by atoms with Crippen LogP contribution in [0.2, 0.25) is 0 Å². The van der Waals surface area contributed by atoms with E-state index in [-0.39, 0.29) is 0 Å². The van der Waals surface area contributed by atoms with E-state index < -0.39 is 0 Å². The number of nitrogens with zero attached hydrogens (tertiary/aromatic N) is 2. The first-order valence-electron chi connectivity index (χ1n) is 4.58. The number of furan rings is 1. The van der Waals surface area contributed by atoms with E-state index in [0.29, 0.717) is 5.95 Å². The molecular formula is C10H12N4O. The molecule has 0 fully saturated rings. The first kappa shape index (κ1) is 9.67. The topological polar surface area (TPSA) is 77.0 Å². The molecule has 0 atom stereocenters. The molecule has 5 nitrogen and oxygen atoms in total. The van der Waals surface area contributed by atoms with Gasteiger partial charge in [-0.1, -0.05) is 0 Å². The maximum Gasteiger partial charge on any atom is 0.238 e. The average molecular weight is 204 g/mol. The number of hydrogen-bond acceptors (Lipinski definition) is 5. The van der Waals surface area contributed by atoms with E-state index in [1.54, 1.807) is 0 Å². The third-order valence-corrected chi connectivity index (χ3v) is 1.98. The lowest BCUT2D eigenvalue weighted by Crippen LogP contribution is -2.11. The van der Waals surface area contributed by atoms with E-state index in [1.165, 1.54) is 0 Å². The van der Waals surface area contributed by atoms with Crippen LogP contribution in [0.25, 0.3) is 11.5 Å². The summed E-state index contributed by atoms with van der Waals surface area (Å²) in [6.07, 6.45) is 0. The van der Waals surface area contributed by atoms with Crippen molar-refractivity contribution in [3.05, 3.63) is 29.7 Å². The number of aryl methyl sites for hydroxylation is 2. The van der Waals surface area contributed by atoms with Gasteiger partial charge in [-0.05, 0) is 32.0 Å². The third kappa shape index (κ3) is 1.97. The van der Waals surface area contributed by atoms with Crippen molar-refractivity contribution in [1.82, 2.24) is 9.97 Å². The minimum absolute atomic E-state index is 0.388. The molecule has 5 heteroatoms. The molecule has 0 saturated carbocycles. The van der Waals surface area contributed by atoms with Gasteiger partial charge in [-0.25, -0.2) is 15.8 Å². The number of nitrogens with two attached hydrogens (primary N) is 1. The lowest BCUT2D eigenvalue weighted by Gasteiger charge is -2.02. The van der Waals surface area contributed by atoms with Crippen molar-refractivity contribution in [3.8, 4) is 11.5 Å². The molecule has 0 aliphatic rings. The molecule has 0 radical (unpaired) electrons. The molecule has 15 heavy (non-hydrogen) atoms. The molecule has 0 aromatic carbocycles. The van der Waals surface area contributed by atoms with Gasteiger partial charge in [0, 0.05) is 5.69 Å². The summed E-state index contributed by atoms with van der Waals surface area (Å²) in [6.45, 7) is 3.77. The predicted octanol–water partition coefficient (Wildman–Crippen LogP) is 1.64. The van der Waals surface area contributed by atoms with Crippen LogP contribution in [-0.4, -0.2) is 9.97 Å². The Morgan fingerprint density at radius 2 is 2.07 bits per heavy atom. The zero-order chi connectivity index (χ0) is 10.8. The standard InChI is InChI=1S/C10H12N4O/c1-6-5-8(13-10(12-6)14-11)9-4-3-7(2)15-9/h3-5H,11H2,1-2H3,(H,12,13,14). The summed E-state index contributed by atoms with van der Waals surface area (Å²) in [4.78, 5) is 8.29. The highest BCUT2D eigenvalue weighted by atomic mass is 16.3. The van der Waals surface area contributed by atoms with Crippen LogP contribution in [0.15, 0.2) is 22.6 Å². The van der Waals surface area contributed by atoms with Crippen LogP contribution in [0, 0.1) is 13.8 Å². The van der Waals surface area contributed by atoms with Crippen LogP contribution < -0.4 is 11.3 Å². The largest absolute Gasteiger partial charge is 0.460 e. The number of hydrogen-bond donors (Lipinski definition) is 2. The Labute approximate surface area is 87.3 Å². The fourth-order valence-electron chi connectivity index (χ4n) is 1.33. The first-order valence-corrected chi connectivity index (χ1v) is 4.58. The second-order valence-electron chi connectivity index (χ2n) is 3.27. The number of rotatable bonds is 2. The van der Waals surface area contributed by atoms with Crippen molar-refractivity contribution >= 4 is 5.95 Å². The van der Waals surface area contributed by atoms with E-state index in [4.69, 9.17) is 10.3 Å². The quantitative estimate of drug-likeness (QED) is 0.574. The molecule has 0 aliphatic heterocycles. The SMILES string of the molecule is Cc1cc(-c2ccc(C)o2)nc(NN)n1. The fourth-order valence-corrected chi connectivity index (χ4v) is 1.33. The van der Waals surface area contributed by atoms with Crippen LogP contribution in [0.3, 0.4) is 0 Å². The van der Waals surface area contributed by atoms with Crippen molar-refractivity contribution in [2.24, 2.45) is 5.84 Å². The molecule has 0 unspecified atom stereocenters. The van der Waals surface area contributed by atoms with Gasteiger partial charge in [0.2, 0.25) is 5.95 Å². The van der Waals surface area contributed by atoms with E-state index in [2.05, 4.69) is 15.4 Å². The Hall–Kier alpha value is -1.88. The fraction of sp³-hybridized carbons (Fsp3) is 0.200. The van der Waals surface area contributed by atoms with E-state index >= 15 is 0 Å². The van der Waals surface area contributed by atoms with Crippen molar-refractivity contribution in [3.63, 3.8) is 0 Å². The Morgan fingerprint density at radius 1 is 1.27 bits per heavy atom. The van der Waals surface area contributed by atoms with E-state index in [0.717, 1.165) is 22.9 Å². The monoisotopic (exact) mass is 204 g/mol. The molecule has 3 N–H and O–H groups in total. The van der Waals surface area contributed by atoms with Crippen molar-refractivity contribution in [2.45, 2.75) is 13.8 Å². The van der Waals surface area contributed by atoms with Crippen molar-refractivity contribution < 1.29 is 4.42 Å². The van der Waals surface area contributed by atoms with Gasteiger partial charge in [0.15, 0.2) is 5.76 Å². The summed E-state index contributed by atoms with van der Waals surface area (Å²) in [5.74, 6) is 7.22. The maximum atomic E-state index is 5.47. The Balaban J connectivity index is 2.48. The smallest absolute Gasteiger partial charge is 0.238 e. The van der Waals surface area contributed by atoms with Gasteiger partial charge in [0.25, 0.3) is 0 Å². The van der Waals surface area contributed by atoms with Crippen LogP contribution in [0.1, 0.15) is 11.5 Å². The normalized spacial score (nSPS) is 10.3. The zero-order valence-electron chi connectivity index (χ0n) is 8.61. The zero-order valence-corrected chi connectivity index (χ0v) is 8.61. The van der Waals surface area contributed by atoms with Crippen LogP contribution >= 0.6 is 0 Å². The number of hydrazine groups is 1. The van der Waals surface area contributed by atoms with Gasteiger partial charge in [0.05, 0.1) is 0 Å². The molecule has 2 rings (SSSR count). The van der Waals surface area contributed by atoms with Crippen molar-refractivity contribution in [2.75, 3.05) is 5.43 Å². The summed E-state index contributed by atoms with van der Waals surface area (Å²) in [5, 5.41) is 0. The van der Waals surface area contributed by atoms with Crippen molar-refractivity contribution in [1.29, 1.82) is 0 Å². The summed E-state index contributed by atoms with van der Waals surface area (Å²) in [6, 6.07) is 5.61. The second kappa shape index (κ2) is 3.70. The van der Waals surface area contributed by atoms with Crippen LogP contribution in [0.5, 0.6) is 0 Å². The molecule has 2 aromatic heterocycles. The molecule has 2 aromatic rings. The predicted molar refractivity (Wildman–Crippen MR) is 57.0 cm³/mol. The summed E-state index contributed by atoms with van der Waals surface area (Å²) in [7, 11) is 0. The van der Waals surface area contributed by atoms with Gasteiger partial charge in [-0.15, -0.1) is 0 Å². The molecule has 78 valence electrons. The minimum atomic E-state index is 0.388. The van der Waals surface area contributed by atoms with Gasteiger partial charge in [-0.3, -0.25) is 5.43 Å². The molecule has 0 aliphatic carbocycles. The van der Waals surface area contributed by atoms with Gasteiger partial charge < -0.3 is 4.42 Å². The molecule has 0 bridgehead atoms. The first-order chi connectivity index (χ1) is 7.19. The lowest BCUT2D eigenvalue weighted by atomic mass is 10.3. The van der Waals surface area contributed by atoms with Gasteiger partial charge in [-0.2, -0.15) is 0 Å². The second-order valence-corrected chi connectivity index (χ2v) is 3.27. The van der Waals surface area contributed by atoms with E-state index in [1.807, 2.05) is 32.0 Å². The van der Waals surface area contributed by atoms with Gasteiger partial charge in [0.1, 0.15) is 11.5 Å². The van der Waals surface area contributed by atoms with Crippen LogP contribution in [-0.2, 0) is 0 Å². The number of nitrogens with one attached hydrogen (secondary N) is 1. The maximum absolute atomic E-state index is 5.47. The number of nitrogen functional groups attached to an aromatic ring is 1. The summed E-state index contributed by atoms with van der Waals surface area (Å²) >= 11 is 0. The number of anilines is 1. The molecule has 0 amide bonds. The number of aromatic nitrogens is 2. The van der Waals surface area contributed by atoms with E-state index in [9.17, 15) is 0 Å². The highest BCUT2D eigenvalue weighted by Crippen LogP contribution is 2.21. The van der Waals surface area contributed by atoms with Crippen LogP contribution in [0.4, 0.5) is 5.95 Å². The average Bonchev–Trinajstić information content (AvgIpc) is 2.64. The third-order valence-electron chi connectivity index (χ3n) is 1.98. The molecule has 2 heterocycles. The Bertz CT molecular complexity index is 478. The summed E-state index contributed by atoms with van der Waals surface area (Å²) in [5.41, 5.74) is 3.98. The highest BCUT2D eigenvalue weighted by molar-refractivity contribution is 5.54. The Morgan fingerprint density at radius 3 is 2.67 bits per heavy atom. The van der Waals surface area contributed by atoms with Gasteiger partial charge >= 0.3 is 0 Å². The Kier molecular flexibility index (Phi) is 2.39.